The molecule has 0 saturated carbocycles. The second-order valence-corrected chi connectivity index (χ2v) is 3.12. The van der Waals surface area contributed by atoms with Crippen LogP contribution in [-0.2, 0) is 4.79 Å². The predicted molar refractivity (Wildman–Crippen MR) is 56.1 cm³/mol. The van der Waals surface area contributed by atoms with Crippen molar-refractivity contribution in [2.24, 2.45) is 5.18 Å². The summed E-state index contributed by atoms with van der Waals surface area (Å²) in [6.07, 6.45) is 2.04. The van der Waals surface area contributed by atoms with Gasteiger partial charge in [0.25, 0.3) is 0 Å². The number of hydrogen-bond acceptors (Lipinski definition) is 4. The van der Waals surface area contributed by atoms with E-state index in [2.05, 4.69) is 5.18 Å². The molecule has 0 unspecified atom stereocenters. The van der Waals surface area contributed by atoms with E-state index in [9.17, 15) is 14.5 Å². The van der Waals surface area contributed by atoms with Gasteiger partial charge in [0, 0.05) is 18.4 Å². The Hall–Kier alpha value is -1.84. The molecule has 1 aromatic rings. The normalized spacial score (nSPS) is 9.60. The Morgan fingerprint density at radius 3 is 2.87 bits per heavy atom. The summed E-state index contributed by atoms with van der Waals surface area (Å²) in [6.45, 7) is 0. The summed E-state index contributed by atoms with van der Waals surface area (Å²) in [6, 6.07) is 6.24. The predicted octanol–water partition coefficient (Wildman–Crippen LogP) is 2.64. The van der Waals surface area contributed by atoms with Crippen molar-refractivity contribution in [3.8, 4) is 0 Å². The minimum atomic E-state index is -0.0673. The highest BCUT2D eigenvalue weighted by atomic mass is 16.3. The molecule has 78 valence electrons. The van der Waals surface area contributed by atoms with Gasteiger partial charge in [0.1, 0.15) is 12.0 Å². The Morgan fingerprint density at radius 2 is 2.20 bits per heavy atom. The van der Waals surface area contributed by atoms with Gasteiger partial charge in [0.15, 0.2) is 5.78 Å². The number of rotatable bonds is 6. The average Bonchev–Trinajstić information content (AvgIpc) is 2.29. The lowest BCUT2D eigenvalue weighted by molar-refractivity contribution is -0.107. The third-order valence-electron chi connectivity index (χ3n) is 2.00. The van der Waals surface area contributed by atoms with Crippen LogP contribution in [0, 0.1) is 4.91 Å². The van der Waals surface area contributed by atoms with Crippen LogP contribution in [0.25, 0.3) is 0 Å². The van der Waals surface area contributed by atoms with E-state index in [-0.39, 0.29) is 11.5 Å². The van der Waals surface area contributed by atoms with Gasteiger partial charge in [-0.2, -0.15) is 0 Å². The smallest absolute Gasteiger partial charge is 0.162 e. The second-order valence-electron chi connectivity index (χ2n) is 3.12. The molecule has 0 aromatic heterocycles. The SMILES string of the molecule is O=CCCCC(=O)c1cccc(N=O)c1. The van der Waals surface area contributed by atoms with E-state index in [1.54, 1.807) is 12.1 Å². The topological polar surface area (TPSA) is 63.6 Å². The lowest BCUT2D eigenvalue weighted by Gasteiger charge is -1.99. The molecule has 0 N–H and O–H groups in total. The van der Waals surface area contributed by atoms with Gasteiger partial charge >= 0.3 is 0 Å². The number of ketones is 1. The Morgan fingerprint density at radius 1 is 1.40 bits per heavy atom. The summed E-state index contributed by atoms with van der Waals surface area (Å²) in [7, 11) is 0. The standard InChI is InChI=1S/C11H11NO3/c13-7-2-1-6-11(14)9-4-3-5-10(8-9)12-15/h3-5,7-8H,1-2,6H2. The maximum atomic E-state index is 11.5. The molecule has 15 heavy (non-hydrogen) atoms. The number of nitrogens with zero attached hydrogens (tertiary/aromatic N) is 1. The first-order valence-electron chi connectivity index (χ1n) is 4.68. The van der Waals surface area contributed by atoms with Gasteiger partial charge in [-0.3, -0.25) is 4.79 Å². The van der Waals surface area contributed by atoms with Gasteiger partial charge in [0.05, 0.1) is 0 Å². The Kier molecular flexibility index (Phi) is 4.34. The molecule has 4 nitrogen and oxygen atoms in total. The highest BCUT2D eigenvalue weighted by Gasteiger charge is 2.05. The zero-order valence-electron chi connectivity index (χ0n) is 8.18. The average molecular weight is 205 g/mol. The van der Waals surface area contributed by atoms with E-state index in [0.717, 1.165) is 6.29 Å². The molecule has 1 rings (SSSR count). The third kappa shape index (κ3) is 3.42. The lowest BCUT2D eigenvalue weighted by atomic mass is 10.1. The van der Waals surface area contributed by atoms with Gasteiger partial charge in [0.2, 0.25) is 0 Å². The molecule has 0 heterocycles. The van der Waals surface area contributed by atoms with Crippen LogP contribution >= 0.6 is 0 Å². The number of nitroso groups, excluding NO2 is 1. The van der Waals surface area contributed by atoms with Crippen LogP contribution in [0.15, 0.2) is 29.4 Å². The molecule has 0 fully saturated rings. The fourth-order valence-corrected chi connectivity index (χ4v) is 1.23. The zero-order chi connectivity index (χ0) is 11.1. The largest absolute Gasteiger partial charge is 0.303 e. The van der Waals surface area contributed by atoms with Crippen LogP contribution in [0.1, 0.15) is 29.6 Å². The Bertz CT molecular complexity index is 374. The minimum absolute atomic E-state index is 0.0673. The first-order valence-corrected chi connectivity index (χ1v) is 4.68. The summed E-state index contributed by atoms with van der Waals surface area (Å²) in [5.74, 6) is -0.0673. The molecular weight excluding hydrogens is 194 g/mol. The van der Waals surface area contributed by atoms with Gasteiger partial charge in [-0.1, -0.05) is 12.1 Å². The van der Waals surface area contributed by atoms with E-state index in [4.69, 9.17) is 0 Å². The van der Waals surface area contributed by atoms with Crippen molar-refractivity contribution in [2.45, 2.75) is 19.3 Å². The molecule has 0 radical (unpaired) electrons. The summed E-state index contributed by atoms with van der Waals surface area (Å²) in [5.41, 5.74) is 0.717. The number of aldehydes is 1. The molecule has 0 saturated heterocycles. The van der Waals surface area contributed by atoms with Crippen molar-refractivity contribution >= 4 is 17.8 Å². The molecule has 0 atom stereocenters. The minimum Gasteiger partial charge on any atom is -0.303 e. The monoisotopic (exact) mass is 205 g/mol. The number of hydrogen-bond donors (Lipinski definition) is 0. The van der Waals surface area contributed by atoms with Crippen LogP contribution in [0.2, 0.25) is 0 Å². The molecule has 0 aliphatic heterocycles. The van der Waals surface area contributed by atoms with E-state index in [1.807, 2.05) is 0 Å². The molecule has 1 aromatic carbocycles. The Labute approximate surface area is 87.3 Å². The van der Waals surface area contributed by atoms with Gasteiger partial charge < -0.3 is 4.79 Å². The number of unbranched alkanes of at least 4 members (excludes halogenated alkanes) is 1. The van der Waals surface area contributed by atoms with E-state index in [1.165, 1.54) is 12.1 Å². The Balaban J connectivity index is 2.64. The fraction of sp³-hybridized carbons (Fsp3) is 0.273. The number of carbonyl (C=O) groups excluding carboxylic acids is 2. The van der Waals surface area contributed by atoms with Crippen molar-refractivity contribution in [2.75, 3.05) is 0 Å². The van der Waals surface area contributed by atoms with Crippen LogP contribution in [-0.4, -0.2) is 12.1 Å². The van der Waals surface area contributed by atoms with Gasteiger partial charge in [-0.15, -0.1) is 4.91 Å². The van der Waals surface area contributed by atoms with E-state index >= 15 is 0 Å². The first-order chi connectivity index (χ1) is 7.27. The molecule has 0 amide bonds. The molecule has 0 aliphatic carbocycles. The summed E-state index contributed by atoms with van der Waals surface area (Å²) in [4.78, 5) is 31.8. The first kappa shape index (κ1) is 11.2. The van der Waals surface area contributed by atoms with Crippen LogP contribution in [0.4, 0.5) is 5.69 Å². The van der Waals surface area contributed by atoms with Crippen LogP contribution in [0.5, 0.6) is 0 Å². The van der Waals surface area contributed by atoms with Crippen molar-refractivity contribution in [1.82, 2.24) is 0 Å². The quantitative estimate of drug-likeness (QED) is 0.310. The number of Topliss-reactive ketones (excluding diaryl/α,β-unsaturated/α-hetero) is 1. The molecule has 0 aliphatic rings. The summed E-state index contributed by atoms with van der Waals surface area (Å²) >= 11 is 0. The molecule has 0 spiro atoms. The third-order valence-corrected chi connectivity index (χ3v) is 2.00. The maximum absolute atomic E-state index is 11.5. The summed E-state index contributed by atoms with van der Waals surface area (Å²) < 4.78 is 0. The fourth-order valence-electron chi connectivity index (χ4n) is 1.23. The van der Waals surface area contributed by atoms with E-state index in [0.29, 0.717) is 24.8 Å². The van der Waals surface area contributed by atoms with Gasteiger partial charge in [-0.25, -0.2) is 0 Å². The van der Waals surface area contributed by atoms with Crippen molar-refractivity contribution in [3.05, 3.63) is 34.7 Å². The molecule has 0 bridgehead atoms. The van der Waals surface area contributed by atoms with Crippen molar-refractivity contribution in [3.63, 3.8) is 0 Å². The van der Waals surface area contributed by atoms with Gasteiger partial charge in [-0.05, 0) is 23.7 Å². The van der Waals surface area contributed by atoms with Crippen LogP contribution < -0.4 is 0 Å². The lowest BCUT2D eigenvalue weighted by Crippen LogP contribution is -1.98. The van der Waals surface area contributed by atoms with E-state index < -0.39 is 0 Å². The highest BCUT2D eigenvalue weighted by molar-refractivity contribution is 5.96. The van der Waals surface area contributed by atoms with Crippen molar-refractivity contribution in [1.29, 1.82) is 0 Å². The highest BCUT2D eigenvalue weighted by Crippen LogP contribution is 2.15. The second kappa shape index (κ2) is 5.80. The summed E-state index contributed by atoms with van der Waals surface area (Å²) in [5, 5.41) is 2.75. The number of benzene rings is 1. The molecular formula is C11H11NO3. The zero-order valence-corrected chi connectivity index (χ0v) is 8.18. The maximum Gasteiger partial charge on any atom is 0.162 e. The van der Waals surface area contributed by atoms with Crippen molar-refractivity contribution < 1.29 is 9.59 Å². The number of carbonyl (C=O) groups is 2. The van der Waals surface area contributed by atoms with Crippen LogP contribution in [0.3, 0.4) is 0 Å². The molecule has 4 heteroatoms.